The van der Waals surface area contributed by atoms with Crippen LogP contribution in [0.2, 0.25) is 0 Å². The van der Waals surface area contributed by atoms with E-state index in [0.29, 0.717) is 17.9 Å². The lowest BCUT2D eigenvalue weighted by atomic mass is 9.77. The van der Waals surface area contributed by atoms with Crippen molar-refractivity contribution in [3.8, 4) is 5.75 Å². The van der Waals surface area contributed by atoms with Crippen LogP contribution >= 0.6 is 0 Å². The van der Waals surface area contributed by atoms with Crippen molar-refractivity contribution in [1.29, 1.82) is 0 Å². The molecule has 3 N–H and O–H groups in total. The number of ether oxygens (including phenoxy) is 1. The van der Waals surface area contributed by atoms with Crippen LogP contribution in [0, 0.1) is 0 Å². The van der Waals surface area contributed by atoms with Crippen molar-refractivity contribution in [1.82, 2.24) is 5.43 Å². The van der Waals surface area contributed by atoms with Crippen LogP contribution in [-0.4, -0.2) is 35.9 Å². The van der Waals surface area contributed by atoms with Crippen LogP contribution in [0.5, 0.6) is 5.75 Å². The largest absolute Gasteiger partial charge is 0.493 e. The lowest BCUT2D eigenvalue weighted by molar-refractivity contribution is -0.118. The molecular weight excluding hydrogens is 307 g/mol. The van der Waals surface area contributed by atoms with Gasteiger partial charge in [-0.15, -0.1) is 0 Å². The van der Waals surface area contributed by atoms with E-state index in [0.717, 1.165) is 6.42 Å². The van der Waals surface area contributed by atoms with E-state index < -0.39 is 7.12 Å². The summed E-state index contributed by atoms with van der Waals surface area (Å²) in [5.74, 6) is 0.271. The minimum absolute atomic E-state index is 0.277. The smallest absolute Gasteiger partial charge is 0.489 e. The summed E-state index contributed by atoms with van der Waals surface area (Å²) >= 11 is 0. The van der Waals surface area contributed by atoms with E-state index in [2.05, 4.69) is 10.5 Å². The summed E-state index contributed by atoms with van der Waals surface area (Å²) in [5, 5.41) is 22.5. The summed E-state index contributed by atoms with van der Waals surface area (Å²) < 4.78 is 5.70. The molecule has 0 heterocycles. The van der Waals surface area contributed by atoms with Crippen LogP contribution in [-0.2, 0) is 11.2 Å². The Morgan fingerprint density at radius 2 is 2.00 bits per heavy atom. The highest BCUT2D eigenvalue weighted by molar-refractivity contribution is 6.60. The molecule has 0 unspecified atom stereocenters. The summed E-state index contributed by atoms with van der Waals surface area (Å²) in [6, 6.07) is 14.8. The van der Waals surface area contributed by atoms with Gasteiger partial charge in [0.05, 0.1) is 12.8 Å². The Hall–Kier alpha value is -2.64. The molecule has 0 aliphatic heterocycles. The molecule has 6 nitrogen and oxygen atoms in total. The zero-order valence-corrected chi connectivity index (χ0v) is 13.3. The SMILES string of the molecule is CC(=O)N/N=C/c1cc(OCCc2ccccc2)ccc1B(O)O. The Balaban J connectivity index is 2.04. The van der Waals surface area contributed by atoms with Gasteiger partial charge in [0.2, 0.25) is 5.91 Å². The van der Waals surface area contributed by atoms with Gasteiger partial charge in [-0.3, -0.25) is 4.79 Å². The Morgan fingerprint density at radius 3 is 2.67 bits per heavy atom. The van der Waals surface area contributed by atoms with Crippen molar-refractivity contribution in [2.24, 2.45) is 5.10 Å². The fraction of sp³-hybridized carbons (Fsp3) is 0.176. The number of hydrogen-bond donors (Lipinski definition) is 3. The second kappa shape index (κ2) is 8.86. The molecule has 7 heteroatoms. The first kappa shape index (κ1) is 17.7. The average Bonchev–Trinajstić information content (AvgIpc) is 2.55. The molecule has 0 saturated carbocycles. The first-order chi connectivity index (χ1) is 11.6. The number of rotatable bonds is 7. The minimum Gasteiger partial charge on any atom is -0.493 e. The van der Waals surface area contributed by atoms with Gasteiger partial charge in [0.25, 0.3) is 0 Å². The fourth-order valence-corrected chi connectivity index (χ4v) is 2.11. The van der Waals surface area contributed by atoms with Crippen molar-refractivity contribution in [2.45, 2.75) is 13.3 Å². The van der Waals surface area contributed by atoms with Crippen LogP contribution in [0.25, 0.3) is 0 Å². The number of amides is 1. The summed E-state index contributed by atoms with van der Waals surface area (Å²) in [4.78, 5) is 10.8. The van der Waals surface area contributed by atoms with Gasteiger partial charge >= 0.3 is 7.12 Å². The maximum absolute atomic E-state index is 10.8. The lowest BCUT2D eigenvalue weighted by Gasteiger charge is -2.10. The van der Waals surface area contributed by atoms with Gasteiger partial charge in [0.15, 0.2) is 0 Å². The van der Waals surface area contributed by atoms with Crippen molar-refractivity contribution in [3.63, 3.8) is 0 Å². The molecule has 2 rings (SSSR count). The van der Waals surface area contributed by atoms with Gasteiger partial charge in [-0.1, -0.05) is 36.4 Å². The number of carbonyl (C=O) groups is 1. The summed E-state index contributed by atoms with van der Waals surface area (Å²) in [6.45, 7) is 1.83. The molecule has 124 valence electrons. The third-order valence-electron chi connectivity index (χ3n) is 3.26. The van der Waals surface area contributed by atoms with E-state index in [-0.39, 0.29) is 11.4 Å². The van der Waals surface area contributed by atoms with E-state index >= 15 is 0 Å². The van der Waals surface area contributed by atoms with Crippen LogP contribution in [0.1, 0.15) is 18.1 Å². The predicted molar refractivity (Wildman–Crippen MR) is 93.3 cm³/mol. The predicted octanol–water partition coefficient (Wildman–Crippen LogP) is 0.458. The molecule has 1 amide bonds. The van der Waals surface area contributed by atoms with Gasteiger partial charge in [-0.25, -0.2) is 5.43 Å². The molecule has 0 radical (unpaired) electrons. The van der Waals surface area contributed by atoms with E-state index in [1.165, 1.54) is 18.7 Å². The van der Waals surface area contributed by atoms with E-state index in [4.69, 9.17) is 4.74 Å². The molecule has 2 aromatic rings. The molecule has 0 atom stereocenters. The van der Waals surface area contributed by atoms with Crippen LogP contribution in [0.4, 0.5) is 0 Å². The molecular formula is C17H19BN2O4. The Morgan fingerprint density at radius 1 is 1.25 bits per heavy atom. The van der Waals surface area contributed by atoms with E-state index in [9.17, 15) is 14.8 Å². The summed E-state index contributed by atoms with van der Waals surface area (Å²) in [6.07, 6.45) is 2.11. The third kappa shape index (κ3) is 5.53. The molecule has 0 spiro atoms. The number of nitrogens with one attached hydrogen (secondary N) is 1. The molecule has 0 aliphatic carbocycles. The van der Waals surface area contributed by atoms with Crippen LogP contribution in [0.3, 0.4) is 0 Å². The maximum Gasteiger partial charge on any atom is 0.489 e. The van der Waals surface area contributed by atoms with Crippen molar-refractivity contribution in [3.05, 3.63) is 59.7 Å². The second-order valence-corrected chi connectivity index (χ2v) is 5.17. The van der Waals surface area contributed by atoms with Gasteiger partial charge < -0.3 is 14.8 Å². The highest BCUT2D eigenvalue weighted by atomic mass is 16.5. The molecule has 0 fully saturated rings. The molecule has 2 aromatic carbocycles. The monoisotopic (exact) mass is 326 g/mol. The molecule has 0 aromatic heterocycles. The zero-order chi connectivity index (χ0) is 17.4. The molecule has 0 saturated heterocycles. The number of hydrogen-bond acceptors (Lipinski definition) is 5. The average molecular weight is 326 g/mol. The molecule has 0 bridgehead atoms. The van der Waals surface area contributed by atoms with Gasteiger partial charge in [-0.2, -0.15) is 5.10 Å². The van der Waals surface area contributed by atoms with Gasteiger partial charge in [0, 0.05) is 13.3 Å². The summed E-state index contributed by atoms with van der Waals surface area (Å²) in [5.41, 5.74) is 4.18. The highest BCUT2D eigenvalue weighted by Crippen LogP contribution is 2.12. The fourth-order valence-electron chi connectivity index (χ4n) is 2.11. The Labute approximate surface area is 140 Å². The third-order valence-corrected chi connectivity index (χ3v) is 3.26. The van der Waals surface area contributed by atoms with Crippen molar-refractivity contribution >= 4 is 24.7 Å². The number of benzene rings is 2. The van der Waals surface area contributed by atoms with Crippen molar-refractivity contribution in [2.75, 3.05) is 6.61 Å². The second-order valence-electron chi connectivity index (χ2n) is 5.17. The number of hydrazone groups is 1. The Bertz CT molecular complexity index is 705. The first-order valence-electron chi connectivity index (χ1n) is 7.52. The highest BCUT2D eigenvalue weighted by Gasteiger charge is 2.15. The summed E-state index contributed by atoms with van der Waals surface area (Å²) in [7, 11) is -1.64. The van der Waals surface area contributed by atoms with E-state index in [1.807, 2.05) is 30.3 Å². The topological polar surface area (TPSA) is 91.2 Å². The quantitative estimate of drug-likeness (QED) is 0.392. The van der Waals surface area contributed by atoms with Gasteiger partial charge in [-0.05, 0) is 28.7 Å². The Kier molecular flexibility index (Phi) is 6.54. The minimum atomic E-state index is -1.64. The first-order valence-corrected chi connectivity index (χ1v) is 7.52. The van der Waals surface area contributed by atoms with Crippen LogP contribution in [0.15, 0.2) is 53.6 Å². The number of nitrogens with zero attached hydrogens (tertiary/aromatic N) is 1. The lowest BCUT2D eigenvalue weighted by Crippen LogP contribution is -2.33. The van der Waals surface area contributed by atoms with Crippen LogP contribution < -0.4 is 15.6 Å². The molecule has 24 heavy (non-hydrogen) atoms. The standard InChI is InChI=1S/C17H19BN2O4/c1-13(21)20-19-12-15-11-16(7-8-17(15)18(22)23)24-10-9-14-5-3-2-4-6-14/h2-8,11-12,22-23H,9-10H2,1H3,(H,20,21)/b19-12+. The van der Waals surface area contributed by atoms with Crippen molar-refractivity contribution < 1.29 is 19.6 Å². The van der Waals surface area contributed by atoms with Gasteiger partial charge in [0.1, 0.15) is 5.75 Å². The maximum atomic E-state index is 10.8. The van der Waals surface area contributed by atoms with E-state index in [1.54, 1.807) is 18.2 Å². The number of carbonyl (C=O) groups excluding carboxylic acids is 1. The zero-order valence-electron chi connectivity index (χ0n) is 13.3. The normalized spacial score (nSPS) is 10.6. The molecule has 0 aliphatic rings.